The minimum Gasteiger partial charge on any atom is -0.444 e. The molecule has 0 atom stereocenters. The number of hydrazine groups is 1. The lowest BCUT2D eigenvalue weighted by molar-refractivity contribution is 0.0527. The molecule has 0 aliphatic carbocycles. The molecule has 0 fully saturated rings. The highest BCUT2D eigenvalue weighted by molar-refractivity contribution is 7.89. The quantitative estimate of drug-likeness (QED) is 0.447. The highest BCUT2D eigenvalue weighted by Gasteiger charge is 2.18. The van der Waals surface area contributed by atoms with E-state index in [2.05, 4.69) is 15.6 Å². The third kappa shape index (κ3) is 6.59. The molecule has 0 radical (unpaired) electrons. The van der Waals surface area contributed by atoms with Crippen molar-refractivity contribution in [2.45, 2.75) is 37.7 Å². The van der Waals surface area contributed by atoms with Crippen LogP contribution < -0.4 is 20.5 Å². The smallest absolute Gasteiger partial charge is 0.407 e. The predicted octanol–water partition coefficient (Wildman–Crippen LogP) is 2.60. The molecule has 160 valence electrons. The third-order valence-electron chi connectivity index (χ3n) is 3.98. The molecule has 0 saturated carbocycles. The summed E-state index contributed by atoms with van der Waals surface area (Å²) in [7, 11) is 0.0869. The summed E-state index contributed by atoms with van der Waals surface area (Å²) in [5.41, 5.74) is 3.10. The van der Waals surface area contributed by atoms with Crippen LogP contribution in [0.3, 0.4) is 0 Å². The maximum absolute atomic E-state index is 12.7. The van der Waals surface area contributed by atoms with Crippen LogP contribution in [-0.4, -0.2) is 47.3 Å². The average Bonchev–Trinajstić information content (AvgIpc) is 2.61. The summed E-state index contributed by atoms with van der Waals surface area (Å²) in [5, 5.41) is 4.14. The van der Waals surface area contributed by atoms with Gasteiger partial charge in [-0.05, 0) is 39.3 Å². The molecule has 0 saturated heterocycles. The van der Waals surface area contributed by atoms with E-state index in [0.717, 1.165) is 11.1 Å². The Bertz CT molecular complexity index is 953. The molecule has 0 unspecified atom stereocenters. The van der Waals surface area contributed by atoms with E-state index in [4.69, 9.17) is 4.74 Å². The fourth-order valence-corrected chi connectivity index (χ4v) is 3.90. The number of ether oxygens (including phenoxy) is 1. The molecule has 0 heterocycles. The van der Waals surface area contributed by atoms with Crippen molar-refractivity contribution in [2.75, 3.05) is 32.1 Å². The topological polar surface area (TPSA) is 99.8 Å². The van der Waals surface area contributed by atoms with E-state index in [1.807, 2.05) is 37.2 Å². The van der Waals surface area contributed by atoms with Gasteiger partial charge in [-0.2, -0.15) is 0 Å². The zero-order valence-electron chi connectivity index (χ0n) is 17.6. The van der Waals surface area contributed by atoms with Crippen LogP contribution in [0.4, 0.5) is 10.5 Å². The molecule has 2 rings (SSSR count). The van der Waals surface area contributed by atoms with E-state index >= 15 is 0 Å². The molecule has 0 bridgehead atoms. The van der Waals surface area contributed by atoms with Gasteiger partial charge in [-0.3, -0.25) is 0 Å². The van der Waals surface area contributed by atoms with Gasteiger partial charge < -0.3 is 15.0 Å². The third-order valence-corrected chi connectivity index (χ3v) is 5.33. The number of nitrogens with zero attached hydrogens (tertiary/aromatic N) is 1. The molecular weight excluding hydrogens is 392 g/mol. The molecule has 29 heavy (non-hydrogen) atoms. The van der Waals surface area contributed by atoms with Crippen molar-refractivity contribution in [1.29, 1.82) is 0 Å². The molecule has 2 aromatic rings. The van der Waals surface area contributed by atoms with E-state index in [1.54, 1.807) is 39.0 Å². The van der Waals surface area contributed by atoms with Crippen LogP contribution >= 0.6 is 0 Å². The second kappa shape index (κ2) is 9.43. The van der Waals surface area contributed by atoms with Crippen LogP contribution in [0.5, 0.6) is 0 Å². The summed E-state index contributed by atoms with van der Waals surface area (Å²) in [4.78, 5) is 16.1. The minimum absolute atomic E-state index is 0.207. The largest absolute Gasteiger partial charge is 0.444 e. The zero-order chi connectivity index (χ0) is 21.7. The number of sulfonamides is 1. The van der Waals surface area contributed by atoms with Crippen LogP contribution in [0, 0.1) is 0 Å². The van der Waals surface area contributed by atoms with Gasteiger partial charge in [0.15, 0.2) is 0 Å². The van der Waals surface area contributed by atoms with Crippen molar-refractivity contribution < 1.29 is 17.9 Å². The zero-order valence-corrected chi connectivity index (χ0v) is 18.4. The molecule has 9 heteroatoms. The molecule has 0 aromatic heterocycles. The first-order valence-corrected chi connectivity index (χ1v) is 10.9. The van der Waals surface area contributed by atoms with Crippen molar-refractivity contribution >= 4 is 32.6 Å². The molecule has 0 aliphatic heterocycles. The monoisotopic (exact) mass is 422 g/mol. The van der Waals surface area contributed by atoms with Gasteiger partial charge in [0.1, 0.15) is 5.60 Å². The summed E-state index contributed by atoms with van der Waals surface area (Å²) < 4.78 is 30.6. The Kier molecular flexibility index (Phi) is 7.45. The number of fused-ring (bicyclic) bond motifs is 1. The Morgan fingerprint density at radius 1 is 1.03 bits per heavy atom. The van der Waals surface area contributed by atoms with Crippen molar-refractivity contribution in [3.8, 4) is 0 Å². The van der Waals surface area contributed by atoms with Gasteiger partial charge in [-0.1, -0.05) is 24.3 Å². The van der Waals surface area contributed by atoms with Gasteiger partial charge >= 0.3 is 6.09 Å². The Hall–Kier alpha value is -2.36. The number of carbonyl (C=O) groups excluding carboxylic acids is 1. The van der Waals surface area contributed by atoms with Gasteiger partial charge in [-0.15, -0.1) is 4.83 Å². The lowest BCUT2D eigenvalue weighted by Crippen LogP contribution is -2.39. The van der Waals surface area contributed by atoms with Crippen LogP contribution in [0.15, 0.2) is 41.3 Å². The molecule has 0 spiro atoms. The van der Waals surface area contributed by atoms with E-state index in [-0.39, 0.29) is 4.90 Å². The van der Waals surface area contributed by atoms with E-state index in [1.165, 1.54) is 0 Å². The Balaban J connectivity index is 1.94. The number of hydrogen-bond donors (Lipinski definition) is 3. The van der Waals surface area contributed by atoms with Gasteiger partial charge in [-0.25, -0.2) is 18.6 Å². The number of anilines is 1. The van der Waals surface area contributed by atoms with Crippen molar-refractivity contribution in [3.63, 3.8) is 0 Å². The van der Waals surface area contributed by atoms with Crippen LogP contribution in [0.25, 0.3) is 10.8 Å². The summed E-state index contributed by atoms with van der Waals surface area (Å²) in [5.74, 6) is 0. The van der Waals surface area contributed by atoms with Gasteiger partial charge in [0.05, 0.1) is 4.90 Å². The molecular formula is C20H30N4O4S. The van der Waals surface area contributed by atoms with Crippen LogP contribution in [-0.2, 0) is 14.8 Å². The van der Waals surface area contributed by atoms with Gasteiger partial charge in [0.2, 0.25) is 0 Å². The minimum atomic E-state index is -3.75. The predicted molar refractivity (Wildman–Crippen MR) is 115 cm³/mol. The lowest BCUT2D eigenvalue weighted by Gasteiger charge is -2.19. The summed E-state index contributed by atoms with van der Waals surface area (Å²) >= 11 is 0. The van der Waals surface area contributed by atoms with Crippen LogP contribution in [0.2, 0.25) is 0 Å². The summed E-state index contributed by atoms with van der Waals surface area (Å²) in [6.07, 6.45) is 0.0350. The lowest BCUT2D eigenvalue weighted by atomic mass is 10.1. The van der Waals surface area contributed by atoms with E-state index in [9.17, 15) is 13.2 Å². The number of nitrogens with one attached hydrogen (secondary N) is 3. The number of alkyl carbamates (subject to hydrolysis) is 1. The number of hydrogen-bond acceptors (Lipinski definition) is 6. The molecule has 0 aliphatic rings. The molecule has 2 aromatic carbocycles. The van der Waals surface area contributed by atoms with Crippen molar-refractivity contribution in [2.24, 2.45) is 0 Å². The first-order chi connectivity index (χ1) is 13.5. The fourth-order valence-electron chi connectivity index (χ4n) is 2.77. The molecule has 8 nitrogen and oxygen atoms in total. The van der Waals surface area contributed by atoms with Gasteiger partial charge in [0, 0.05) is 43.6 Å². The molecule has 1 amide bonds. The van der Waals surface area contributed by atoms with E-state index < -0.39 is 21.7 Å². The Morgan fingerprint density at radius 3 is 2.34 bits per heavy atom. The second-order valence-electron chi connectivity index (χ2n) is 7.84. The first kappa shape index (κ1) is 22.9. The highest BCUT2D eigenvalue weighted by Crippen LogP contribution is 2.29. The normalized spacial score (nSPS) is 12.0. The Morgan fingerprint density at radius 2 is 1.69 bits per heavy atom. The maximum atomic E-state index is 12.7. The summed E-state index contributed by atoms with van der Waals surface area (Å²) in [6.45, 7) is 6.08. The fraction of sp³-hybridized carbons (Fsp3) is 0.450. The van der Waals surface area contributed by atoms with E-state index in [0.29, 0.717) is 24.9 Å². The number of amides is 1. The average molecular weight is 423 g/mol. The number of rotatable bonds is 8. The number of benzene rings is 2. The first-order valence-electron chi connectivity index (χ1n) is 9.42. The van der Waals surface area contributed by atoms with Crippen molar-refractivity contribution in [1.82, 2.24) is 15.6 Å². The SMILES string of the molecule is CN(C)c1cccc2c(S(=O)(=O)NNCCCNC(=O)OC(C)(C)C)cccc12. The second-order valence-corrected chi connectivity index (χ2v) is 9.49. The maximum Gasteiger partial charge on any atom is 0.407 e. The Labute approximate surface area is 172 Å². The van der Waals surface area contributed by atoms with Gasteiger partial charge in [0.25, 0.3) is 10.0 Å². The van der Waals surface area contributed by atoms with Crippen LogP contribution in [0.1, 0.15) is 27.2 Å². The van der Waals surface area contributed by atoms with Crippen molar-refractivity contribution in [3.05, 3.63) is 36.4 Å². The standard InChI is InChI=1S/C20H30N4O4S/c1-20(2,3)28-19(25)21-13-8-14-22-23-29(26,27)18-12-7-9-15-16(18)10-6-11-17(15)24(4)5/h6-7,9-12,22-23H,8,13-14H2,1-5H3,(H,21,25). The number of carbonyl (C=O) groups is 1. The highest BCUT2D eigenvalue weighted by atomic mass is 32.2. The summed E-state index contributed by atoms with van der Waals surface area (Å²) in [6, 6.07) is 10.8. The molecule has 3 N–H and O–H groups in total.